The van der Waals surface area contributed by atoms with Crippen molar-refractivity contribution in [1.82, 2.24) is 5.32 Å². The summed E-state index contributed by atoms with van der Waals surface area (Å²) in [5.74, 6) is 1.53. The Hall–Kier alpha value is -2.06. The molecule has 0 heterocycles. The van der Waals surface area contributed by atoms with E-state index in [2.05, 4.69) is 11.2 Å². The molecule has 0 saturated carbocycles. The number of hydrogen-bond donors (Lipinski definition) is 1. The third-order valence-electron chi connectivity index (χ3n) is 1.77. The van der Waals surface area contributed by atoms with Gasteiger partial charge in [0.05, 0.1) is 16.5 Å². The van der Waals surface area contributed by atoms with Gasteiger partial charge in [-0.3, -0.25) is 14.9 Å². The minimum Gasteiger partial charge on any atom is -0.341 e. The van der Waals surface area contributed by atoms with Gasteiger partial charge in [0.1, 0.15) is 5.56 Å². The first-order chi connectivity index (χ1) is 7.57. The van der Waals surface area contributed by atoms with Crippen LogP contribution in [0.4, 0.5) is 5.69 Å². The minimum atomic E-state index is -0.670. The molecule has 1 N–H and O–H groups in total. The average Bonchev–Trinajstić information content (AvgIpc) is 2.25. The third kappa shape index (κ3) is 2.49. The maximum absolute atomic E-state index is 11.6. The van der Waals surface area contributed by atoms with Gasteiger partial charge in [0, 0.05) is 6.07 Å². The molecule has 0 bridgehead atoms. The van der Waals surface area contributed by atoms with Gasteiger partial charge in [-0.1, -0.05) is 23.6 Å². The van der Waals surface area contributed by atoms with Crippen molar-refractivity contribution in [2.75, 3.05) is 6.54 Å². The summed E-state index contributed by atoms with van der Waals surface area (Å²) < 4.78 is 0. The summed E-state index contributed by atoms with van der Waals surface area (Å²) in [7, 11) is 0. The molecule has 16 heavy (non-hydrogen) atoms. The van der Waals surface area contributed by atoms with Crippen LogP contribution in [0.15, 0.2) is 18.2 Å². The van der Waals surface area contributed by atoms with Gasteiger partial charge in [-0.05, 0) is 6.07 Å². The summed E-state index contributed by atoms with van der Waals surface area (Å²) in [5, 5.41) is 13.0. The van der Waals surface area contributed by atoms with Gasteiger partial charge in [0.2, 0.25) is 0 Å². The molecule has 0 atom stereocenters. The fourth-order valence-corrected chi connectivity index (χ4v) is 1.36. The second-order valence-corrected chi connectivity index (χ2v) is 3.19. The molecule has 0 aliphatic heterocycles. The van der Waals surface area contributed by atoms with Crippen LogP contribution in [0.25, 0.3) is 0 Å². The average molecular weight is 239 g/mol. The highest BCUT2D eigenvalue weighted by molar-refractivity contribution is 6.34. The lowest BCUT2D eigenvalue weighted by atomic mass is 10.1. The Balaban J connectivity index is 3.16. The molecule has 0 radical (unpaired) electrons. The van der Waals surface area contributed by atoms with Crippen LogP contribution in [0.3, 0.4) is 0 Å². The molecule has 0 unspecified atom stereocenters. The van der Waals surface area contributed by atoms with Gasteiger partial charge in [-0.15, -0.1) is 6.42 Å². The quantitative estimate of drug-likeness (QED) is 0.494. The zero-order valence-electron chi connectivity index (χ0n) is 8.07. The van der Waals surface area contributed by atoms with Crippen molar-refractivity contribution in [1.29, 1.82) is 0 Å². The van der Waals surface area contributed by atoms with Gasteiger partial charge >= 0.3 is 0 Å². The molecule has 0 fully saturated rings. The molecule has 1 aromatic rings. The Morgan fingerprint density at radius 1 is 1.62 bits per heavy atom. The molecule has 6 heteroatoms. The number of amides is 1. The molecule has 0 aromatic heterocycles. The normalized spacial score (nSPS) is 9.25. The van der Waals surface area contributed by atoms with E-state index in [9.17, 15) is 14.9 Å². The summed E-state index contributed by atoms with van der Waals surface area (Å²) in [6.45, 7) is -0.0127. The van der Waals surface area contributed by atoms with E-state index in [1.807, 2.05) is 0 Å². The fourth-order valence-electron chi connectivity index (χ4n) is 1.11. The van der Waals surface area contributed by atoms with Gasteiger partial charge in [-0.25, -0.2) is 0 Å². The molecule has 0 saturated heterocycles. The molecule has 5 nitrogen and oxygen atoms in total. The predicted molar refractivity (Wildman–Crippen MR) is 59.3 cm³/mol. The molecular weight excluding hydrogens is 232 g/mol. The molecule has 82 valence electrons. The van der Waals surface area contributed by atoms with Crippen LogP contribution < -0.4 is 5.32 Å². The van der Waals surface area contributed by atoms with Gasteiger partial charge in [0.25, 0.3) is 11.6 Å². The van der Waals surface area contributed by atoms with Crippen LogP contribution in [0, 0.1) is 22.5 Å². The lowest BCUT2D eigenvalue weighted by Crippen LogP contribution is -2.24. The Kier molecular flexibility index (Phi) is 3.86. The van der Waals surface area contributed by atoms with Crippen molar-refractivity contribution in [3.63, 3.8) is 0 Å². The van der Waals surface area contributed by atoms with Crippen LogP contribution >= 0.6 is 11.6 Å². The standard InChI is InChI=1S/C10H7ClN2O3/c1-2-6-12-10(14)9-7(11)4-3-5-8(9)13(15)16/h1,3-5H,6H2,(H,12,14). The zero-order valence-corrected chi connectivity index (χ0v) is 8.82. The molecule has 1 aromatic carbocycles. The molecule has 0 spiro atoms. The van der Waals surface area contributed by atoms with Crippen LogP contribution in [0.1, 0.15) is 10.4 Å². The van der Waals surface area contributed by atoms with Gasteiger partial charge in [-0.2, -0.15) is 0 Å². The van der Waals surface area contributed by atoms with Crippen LogP contribution in [-0.4, -0.2) is 17.4 Å². The van der Waals surface area contributed by atoms with Crippen molar-refractivity contribution < 1.29 is 9.72 Å². The van der Waals surface area contributed by atoms with Crippen LogP contribution in [0.2, 0.25) is 5.02 Å². The first-order valence-corrected chi connectivity index (χ1v) is 4.60. The summed E-state index contributed by atoms with van der Waals surface area (Å²) in [4.78, 5) is 21.6. The number of terminal acetylenes is 1. The van der Waals surface area contributed by atoms with Crippen molar-refractivity contribution in [3.05, 3.63) is 38.9 Å². The highest BCUT2D eigenvalue weighted by Gasteiger charge is 2.22. The summed E-state index contributed by atoms with van der Waals surface area (Å²) >= 11 is 5.73. The Morgan fingerprint density at radius 2 is 2.31 bits per heavy atom. The highest BCUT2D eigenvalue weighted by Crippen LogP contribution is 2.25. The van der Waals surface area contributed by atoms with E-state index in [1.54, 1.807) is 0 Å². The number of carbonyl (C=O) groups excluding carboxylic acids is 1. The molecule has 1 amide bonds. The maximum Gasteiger partial charge on any atom is 0.283 e. The van der Waals surface area contributed by atoms with Gasteiger partial charge in [0.15, 0.2) is 0 Å². The molecule has 0 aliphatic carbocycles. The Bertz CT molecular complexity index is 479. The van der Waals surface area contributed by atoms with Crippen LogP contribution in [0.5, 0.6) is 0 Å². The summed E-state index contributed by atoms with van der Waals surface area (Å²) in [5.41, 5.74) is -0.522. The second-order valence-electron chi connectivity index (χ2n) is 2.78. The van der Waals surface area contributed by atoms with E-state index < -0.39 is 10.8 Å². The summed E-state index contributed by atoms with van der Waals surface area (Å²) in [6, 6.07) is 4.01. The largest absolute Gasteiger partial charge is 0.341 e. The molecule has 1 rings (SSSR count). The van der Waals surface area contributed by atoms with Crippen molar-refractivity contribution in [2.45, 2.75) is 0 Å². The lowest BCUT2D eigenvalue weighted by molar-refractivity contribution is -0.385. The van der Waals surface area contributed by atoms with E-state index in [-0.39, 0.29) is 22.8 Å². The first-order valence-electron chi connectivity index (χ1n) is 4.22. The number of rotatable bonds is 3. The smallest absolute Gasteiger partial charge is 0.283 e. The van der Waals surface area contributed by atoms with Crippen molar-refractivity contribution in [2.24, 2.45) is 0 Å². The van der Waals surface area contributed by atoms with Crippen LogP contribution in [-0.2, 0) is 0 Å². The van der Waals surface area contributed by atoms with E-state index in [4.69, 9.17) is 18.0 Å². The fraction of sp³-hybridized carbons (Fsp3) is 0.100. The minimum absolute atomic E-state index is 0.0127. The lowest BCUT2D eigenvalue weighted by Gasteiger charge is -2.04. The number of halogens is 1. The maximum atomic E-state index is 11.6. The van der Waals surface area contributed by atoms with E-state index >= 15 is 0 Å². The Morgan fingerprint density at radius 3 is 2.88 bits per heavy atom. The number of nitrogens with zero attached hydrogens (tertiary/aromatic N) is 1. The number of carbonyl (C=O) groups is 1. The number of hydrogen-bond acceptors (Lipinski definition) is 3. The van der Waals surface area contributed by atoms with Crippen molar-refractivity contribution in [3.8, 4) is 12.3 Å². The zero-order chi connectivity index (χ0) is 12.1. The topological polar surface area (TPSA) is 72.2 Å². The Labute approximate surface area is 96.6 Å². The van der Waals surface area contributed by atoms with E-state index in [0.717, 1.165) is 0 Å². The predicted octanol–water partition coefficient (Wildman–Crippen LogP) is 1.61. The van der Waals surface area contributed by atoms with E-state index in [0.29, 0.717) is 0 Å². The molecular formula is C10H7ClN2O3. The van der Waals surface area contributed by atoms with Crippen molar-refractivity contribution >= 4 is 23.2 Å². The number of benzene rings is 1. The number of nitro benzene ring substituents is 1. The highest BCUT2D eigenvalue weighted by atomic mass is 35.5. The second kappa shape index (κ2) is 5.14. The first kappa shape index (κ1) is 12.0. The number of nitrogens with one attached hydrogen (secondary N) is 1. The number of nitro groups is 1. The third-order valence-corrected chi connectivity index (χ3v) is 2.08. The van der Waals surface area contributed by atoms with E-state index in [1.165, 1.54) is 18.2 Å². The SMILES string of the molecule is C#CCNC(=O)c1c(Cl)cccc1[N+](=O)[O-]. The van der Waals surface area contributed by atoms with Gasteiger partial charge < -0.3 is 5.32 Å². The monoisotopic (exact) mass is 238 g/mol. The summed E-state index contributed by atoms with van der Waals surface area (Å²) in [6.07, 6.45) is 4.96. The molecule has 0 aliphatic rings.